The molecule has 0 bridgehead atoms. The molecule has 0 amide bonds. The predicted molar refractivity (Wildman–Crippen MR) is 90.0 cm³/mol. The van der Waals surface area contributed by atoms with Crippen molar-refractivity contribution in [1.82, 2.24) is 0 Å². The monoisotopic (exact) mass is 282 g/mol. The van der Waals surface area contributed by atoms with Gasteiger partial charge in [0, 0.05) is 6.42 Å². The zero-order valence-corrected chi connectivity index (χ0v) is 13.6. The Hall–Kier alpha value is -1.76. The Labute approximate surface area is 128 Å². The van der Waals surface area contributed by atoms with Gasteiger partial charge in [0.15, 0.2) is 0 Å². The van der Waals surface area contributed by atoms with Gasteiger partial charge in [-0.05, 0) is 41.5 Å². The van der Waals surface area contributed by atoms with Crippen LogP contribution in [0.15, 0.2) is 42.5 Å². The van der Waals surface area contributed by atoms with Crippen molar-refractivity contribution in [1.29, 1.82) is 0 Å². The molecule has 0 saturated heterocycles. The lowest BCUT2D eigenvalue weighted by Crippen LogP contribution is -2.19. The fourth-order valence-electron chi connectivity index (χ4n) is 3.10. The van der Waals surface area contributed by atoms with Crippen molar-refractivity contribution in [3.05, 3.63) is 64.7 Å². The number of phenolic OH excluding ortho intramolecular Hbond substituents is 1. The summed E-state index contributed by atoms with van der Waals surface area (Å²) < 4.78 is 0. The van der Waals surface area contributed by atoms with E-state index in [0.717, 1.165) is 12.0 Å². The highest BCUT2D eigenvalue weighted by Crippen LogP contribution is 2.33. The van der Waals surface area contributed by atoms with Gasteiger partial charge < -0.3 is 5.11 Å². The minimum atomic E-state index is 0.167. The van der Waals surface area contributed by atoms with E-state index in [-0.39, 0.29) is 5.41 Å². The van der Waals surface area contributed by atoms with Crippen LogP contribution in [0.4, 0.5) is 0 Å². The van der Waals surface area contributed by atoms with Crippen LogP contribution < -0.4 is 0 Å². The highest BCUT2D eigenvalue weighted by molar-refractivity contribution is 5.43. The van der Waals surface area contributed by atoms with Gasteiger partial charge in [0.05, 0.1) is 0 Å². The van der Waals surface area contributed by atoms with Crippen LogP contribution in [0.2, 0.25) is 0 Å². The molecule has 112 valence electrons. The summed E-state index contributed by atoms with van der Waals surface area (Å²) in [5.74, 6) is 0.386. The SMILES string of the molecule is CCCC(C)(C)c1cc(C)ccc1Cc1ccccc1O. The molecule has 0 atom stereocenters. The topological polar surface area (TPSA) is 20.2 Å². The maximum absolute atomic E-state index is 10.0. The first-order chi connectivity index (χ1) is 9.94. The van der Waals surface area contributed by atoms with Crippen molar-refractivity contribution in [3.8, 4) is 5.75 Å². The van der Waals surface area contributed by atoms with Gasteiger partial charge in [0.2, 0.25) is 0 Å². The van der Waals surface area contributed by atoms with E-state index in [1.807, 2.05) is 18.2 Å². The normalized spacial score (nSPS) is 11.6. The number of phenols is 1. The minimum Gasteiger partial charge on any atom is -0.508 e. The fraction of sp³-hybridized carbons (Fsp3) is 0.400. The van der Waals surface area contributed by atoms with Crippen LogP contribution in [0.3, 0.4) is 0 Å². The van der Waals surface area contributed by atoms with Gasteiger partial charge in [0.1, 0.15) is 5.75 Å². The van der Waals surface area contributed by atoms with Crippen LogP contribution in [0, 0.1) is 6.92 Å². The van der Waals surface area contributed by atoms with Crippen molar-refractivity contribution in [2.45, 2.75) is 52.4 Å². The van der Waals surface area contributed by atoms with E-state index in [9.17, 15) is 5.11 Å². The van der Waals surface area contributed by atoms with E-state index in [0.29, 0.717) is 5.75 Å². The summed E-state index contributed by atoms with van der Waals surface area (Å²) in [6.07, 6.45) is 3.14. The minimum absolute atomic E-state index is 0.167. The van der Waals surface area contributed by atoms with Crippen LogP contribution in [-0.2, 0) is 11.8 Å². The molecule has 0 aliphatic heterocycles. The molecular formula is C20H26O. The van der Waals surface area contributed by atoms with E-state index >= 15 is 0 Å². The number of benzene rings is 2. The molecule has 0 aromatic heterocycles. The summed E-state index contributed by atoms with van der Waals surface area (Å²) in [5.41, 5.74) is 5.19. The summed E-state index contributed by atoms with van der Waals surface area (Å²) in [7, 11) is 0. The van der Waals surface area contributed by atoms with E-state index in [2.05, 4.69) is 45.9 Å². The molecule has 0 radical (unpaired) electrons. The highest BCUT2D eigenvalue weighted by Gasteiger charge is 2.23. The molecule has 21 heavy (non-hydrogen) atoms. The van der Waals surface area contributed by atoms with E-state index in [1.165, 1.54) is 29.5 Å². The van der Waals surface area contributed by atoms with Crippen molar-refractivity contribution in [2.24, 2.45) is 0 Å². The Morgan fingerprint density at radius 3 is 2.38 bits per heavy atom. The summed E-state index contributed by atoms with van der Waals surface area (Å²) in [4.78, 5) is 0. The molecule has 2 rings (SSSR count). The van der Waals surface area contributed by atoms with Crippen LogP contribution in [0.1, 0.15) is 55.9 Å². The Morgan fingerprint density at radius 1 is 1.00 bits per heavy atom. The second kappa shape index (κ2) is 6.34. The Bertz CT molecular complexity index is 611. The van der Waals surface area contributed by atoms with Crippen LogP contribution in [0.5, 0.6) is 5.75 Å². The molecule has 1 nitrogen and oxygen atoms in total. The molecule has 0 heterocycles. The van der Waals surface area contributed by atoms with Crippen LogP contribution >= 0.6 is 0 Å². The largest absolute Gasteiger partial charge is 0.508 e. The predicted octanol–water partition coefficient (Wildman–Crippen LogP) is 5.37. The second-order valence-electron chi connectivity index (χ2n) is 6.60. The summed E-state index contributed by atoms with van der Waals surface area (Å²) in [5, 5.41) is 10.0. The van der Waals surface area contributed by atoms with Crippen molar-refractivity contribution >= 4 is 0 Å². The summed E-state index contributed by atoms with van der Waals surface area (Å²) in [6, 6.07) is 14.3. The van der Waals surface area contributed by atoms with Gasteiger partial charge in [-0.25, -0.2) is 0 Å². The van der Waals surface area contributed by atoms with Gasteiger partial charge in [0.25, 0.3) is 0 Å². The molecule has 1 N–H and O–H groups in total. The zero-order valence-electron chi connectivity index (χ0n) is 13.6. The lowest BCUT2D eigenvalue weighted by atomic mass is 9.76. The molecule has 2 aromatic carbocycles. The van der Waals surface area contributed by atoms with E-state index in [1.54, 1.807) is 6.07 Å². The number of rotatable bonds is 5. The number of hydrogen-bond donors (Lipinski definition) is 1. The third kappa shape index (κ3) is 3.66. The smallest absolute Gasteiger partial charge is 0.119 e. The molecule has 0 aliphatic carbocycles. The van der Waals surface area contributed by atoms with Crippen LogP contribution in [0.25, 0.3) is 0 Å². The number of aromatic hydroxyl groups is 1. The van der Waals surface area contributed by atoms with Crippen LogP contribution in [-0.4, -0.2) is 5.11 Å². The number of hydrogen-bond acceptors (Lipinski definition) is 1. The molecule has 0 spiro atoms. The van der Waals surface area contributed by atoms with E-state index < -0.39 is 0 Å². The van der Waals surface area contributed by atoms with Gasteiger partial charge in [-0.2, -0.15) is 0 Å². The highest BCUT2D eigenvalue weighted by atomic mass is 16.3. The molecule has 0 fully saturated rings. The quantitative estimate of drug-likeness (QED) is 0.781. The van der Waals surface area contributed by atoms with Crippen molar-refractivity contribution < 1.29 is 5.11 Å². The summed E-state index contributed by atoms with van der Waals surface area (Å²) >= 11 is 0. The molecule has 0 unspecified atom stereocenters. The van der Waals surface area contributed by atoms with Gasteiger partial charge >= 0.3 is 0 Å². The van der Waals surface area contributed by atoms with Gasteiger partial charge in [-0.1, -0.05) is 69.2 Å². The second-order valence-corrected chi connectivity index (χ2v) is 6.60. The first-order valence-corrected chi connectivity index (χ1v) is 7.81. The third-order valence-electron chi connectivity index (χ3n) is 4.24. The lowest BCUT2D eigenvalue weighted by Gasteiger charge is -2.28. The Morgan fingerprint density at radius 2 is 1.71 bits per heavy atom. The molecule has 0 saturated carbocycles. The molecule has 0 aliphatic rings. The Balaban J connectivity index is 2.42. The Kier molecular flexibility index (Phi) is 4.72. The summed E-state index contributed by atoms with van der Waals surface area (Å²) in [6.45, 7) is 9.02. The number of aryl methyl sites for hydroxylation is 1. The maximum Gasteiger partial charge on any atom is 0.119 e. The van der Waals surface area contributed by atoms with Crippen molar-refractivity contribution in [3.63, 3.8) is 0 Å². The maximum atomic E-state index is 10.0. The average molecular weight is 282 g/mol. The lowest BCUT2D eigenvalue weighted by molar-refractivity contribution is 0.463. The molecule has 1 heteroatoms. The third-order valence-corrected chi connectivity index (χ3v) is 4.24. The van der Waals surface area contributed by atoms with Gasteiger partial charge in [-0.15, -0.1) is 0 Å². The molecule has 2 aromatic rings. The first-order valence-electron chi connectivity index (χ1n) is 7.81. The molecular weight excluding hydrogens is 256 g/mol. The van der Waals surface area contributed by atoms with E-state index in [4.69, 9.17) is 0 Å². The first kappa shape index (κ1) is 15.6. The standard InChI is InChI=1S/C20H26O/c1-5-12-20(3,4)18-13-15(2)10-11-16(18)14-17-8-6-7-9-19(17)21/h6-11,13,21H,5,12,14H2,1-4H3. The number of para-hydroxylation sites is 1. The zero-order chi connectivity index (χ0) is 15.5. The average Bonchev–Trinajstić information content (AvgIpc) is 2.43. The fourth-order valence-corrected chi connectivity index (χ4v) is 3.10. The van der Waals surface area contributed by atoms with Gasteiger partial charge in [-0.3, -0.25) is 0 Å². The van der Waals surface area contributed by atoms with Crippen molar-refractivity contribution in [2.75, 3.05) is 0 Å².